The number of H-pyrrole nitrogens is 1. The summed E-state index contributed by atoms with van der Waals surface area (Å²) in [5.41, 5.74) is 0.299. The van der Waals surface area contributed by atoms with E-state index in [1.807, 2.05) is 0 Å². The molecule has 1 atom stereocenters. The van der Waals surface area contributed by atoms with Gasteiger partial charge < -0.3 is 19.5 Å². The van der Waals surface area contributed by atoms with Gasteiger partial charge in [-0.1, -0.05) is 5.16 Å². The number of rotatable bonds is 4. The SMILES string of the molecule is O=C1C(O)CCCCN1Cc1nc(Cc2cc(Br)c[nH]c2=O)no1. The number of aliphatic hydroxyl groups excluding tert-OH is 1. The molecule has 9 heteroatoms. The van der Waals surface area contributed by atoms with Gasteiger partial charge in [-0.3, -0.25) is 9.59 Å². The van der Waals surface area contributed by atoms with Crippen molar-refractivity contribution in [2.24, 2.45) is 0 Å². The van der Waals surface area contributed by atoms with E-state index >= 15 is 0 Å². The molecule has 1 aliphatic rings. The minimum atomic E-state index is -0.963. The van der Waals surface area contributed by atoms with Crippen molar-refractivity contribution in [2.75, 3.05) is 6.54 Å². The maximum absolute atomic E-state index is 12.1. The Morgan fingerprint density at radius 2 is 2.25 bits per heavy atom. The van der Waals surface area contributed by atoms with Gasteiger partial charge in [0.2, 0.25) is 5.89 Å². The zero-order chi connectivity index (χ0) is 17.1. The molecule has 0 radical (unpaired) electrons. The van der Waals surface area contributed by atoms with Gasteiger partial charge in [-0.2, -0.15) is 4.98 Å². The number of nitrogens with zero attached hydrogens (tertiary/aromatic N) is 3. The molecule has 8 nitrogen and oxygen atoms in total. The highest BCUT2D eigenvalue weighted by Crippen LogP contribution is 2.15. The molecule has 0 aliphatic carbocycles. The third-order valence-corrected chi connectivity index (χ3v) is 4.34. The molecule has 2 aromatic heterocycles. The summed E-state index contributed by atoms with van der Waals surface area (Å²) in [5.74, 6) is 0.353. The lowest BCUT2D eigenvalue weighted by Crippen LogP contribution is -2.37. The average Bonchev–Trinajstić information content (AvgIpc) is 2.93. The molecule has 1 saturated heterocycles. The molecule has 0 spiro atoms. The van der Waals surface area contributed by atoms with Crippen molar-refractivity contribution in [3.8, 4) is 0 Å². The molecular formula is C15H17BrN4O4. The lowest BCUT2D eigenvalue weighted by molar-refractivity contribution is -0.140. The van der Waals surface area contributed by atoms with Gasteiger partial charge in [0, 0.05) is 29.2 Å². The first-order valence-electron chi connectivity index (χ1n) is 7.68. The summed E-state index contributed by atoms with van der Waals surface area (Å²) in [6.45, 7) is 0.719. The zero-order valence-electron chi connectivity index (χ0n) is 12.9. The molecule has 24 heavy (non-hydrogen) atoms. The van der Waals surface area contributed by atoms with Gasteiger partial charge in [0.15, 0.2) is 5.82 Å². The summed E-state index contributed by atoms with van der Waals surface area (Å²) in [5, 5.41) is 13.6. The fourth-order valence-electron chi connectivity index (χ4n) is 2.63. The second-order valence-electron chi connectivity index (χ2n) is 5.72. The number of hydrogen-bond donors (Lipinski definition) is 2. The highest BCUT2D eigenvalue weighted by atomic mass is 79.9. The molecule has 3 heterocycles. The molecule has 2 N–H and O–H groups in total. The van der Waals surface area contributed by atoms with Gasteiger partial charge in [-0.25, -0.2) is 0 Å². The fraction of sp³-hybridized carbons (Fsp3) is 0.467. The Bertz CT molecular complexity index is 788. The molecular weight excluding hydrogens is 380 g/mol. The normalized spacial score (nSPS) is 18.7. The Hall–Kier alpha value is -2.00. The van der Waals surface area contributed by atoms with E-state index in [2.05, 4.69) is 31.1 Å². The predicted octanol–water partition coefficient (Wildman–Crippen LogP) is 0.985. The largest absolute Gasteiger partial charge is 0.383 e. The van der Waals surface area contributed by atoms with Crippen LogP contribution in [0, 0.1) is 0 Å². The Labute approximate surface area is 146 Å². The molecule has 1 fully saturated rings. The van der Waals surface area contributed by atoms with Gasteiger partial charge in [0.05, 0.1) is 0 Å². The van der Waals surface area contributed by atoms with Gasteiger partial charge >= 0.3 is 0 Å². The van der Waals surface area contributed by atoms with Crippen LogP contribution in [0.15, 0.2) is 26.1 Å². The van der Waals surface area contributed by atoms with Crippen LogP contribution in [0.2, 0.25) is 0 Å². The molecule has 1 aliphatic heterocycles. The van der Waals surface area contributed by atoms with E-state index in [0.717, 1.165) is 17.3 Å². The minimum Gasteiger partial charge on any atom is -0.383 e. The van der Waals surface area contributed by atoms with Gasteiger partial charge in [0.1, 0.15) is 12.6 Å². The van der Waals surface area contributed by atoms with Crippen LogP contribution in [0.4, 0.5) is 0 Å². The number of halogens is 1. The number of aromatic amines is 1. The van der Waals surface area contributed by atoms with Crippen LogP contribution < -0.4 is 5.56 Å². The van der Waals surface area contributed by atoms with Crippen LogP contribution in [0.25, 0.3) is 0 Å². The Morgan fingerprint density at radius 1 is 1.42 bits per heavy atom. The molecule has 0 saturated carbocycles. The topological polar surface area (TPSA) is 112 Å². The number of amides is 1. The maximum Gasteiger partial charge on any atom is 0.251 e. The van der Waals surface area contributed by atoms with Crippen molar-refractivity contribution < 1.29 is 14.4 Å². The maximum atomic E-state index is 12.1. The van der Waals surface area contributed by atoms with E-state index in [4.69, 9.17) is 4.52 Å². The van der Waals surface area contributed by atoms with Crippen molar-refractivity contribution in [1.29, 1.82) is 0 Å². The summed E-state index contributed by atoms with van der Waals surface area (Å²) < 4.78 is 5.93. The summed E-state index contributed by atoms with van der Waals surface area (Å²) in [6, 6.07) is 1.70. The number of hydrogen-bond acceptors (Lipinski definition) is 6. The van der Waals surface area contributed by atoms with E-state index in [-0.39, 0.29) is 24.4 Å². The quantitative estimate of drug-likeness (QED) is 0.796. The van der Waals surface area contributed by atoms with Crippen molar-refractivity contribution >= 4 is 21.8 Å². The van der Waals surface area contributed by atoms with E-state index in [1.54, 1.807) is 12.3 Å². The third-order valence-electron chi connectivity index (χ3n) is 3.88. The standard InChI is InChI=1S/C15H17BrN4O4/c16-10-5-9(14(22)17-7-10)6-12-18-13(24-19-12)8-20-4-2-1-3-11(21)15(20)23/h5,7,11,21H,1-4,6,8H2,(H,17,22). The minimum absolute atomic E-state index is 0.164. The van der Waals surface area contributed by atoms with Gasteiger partial charge in [-0.05, 0) is 41.3 Å². The Balaban J connectivity index is 1.70. The summed E-state index contributed by atoms with van der Waals surface area (Å²) in [4.78, 5) is 32.2. The van der Waals surface area contributed by atoms with Crippen LogP contribution in [0.1, 0.15) is 36.5 Å². The number of aromatic nitrogens is 3. The van der Waals surface area contributed by atoms with E-state index in [9.17, 15) is 14.7 Å². The first-order chi connectivity index (χ1) is 11.5. The predicted molar refractivity (Wildman–Crippen MR) is 87.1 cm³/mol. The van der Waals surface area contributed by atoms with Crippen molar-refractivity contribution in [3.63, 3.8) is 0 Å². The lowest BCUT2D eigenvalue weighted by atomic mass is 10.2. The number of aliphatic hydroxyl groups is 1. The Kier molecular flexibility index (Phi) is 5.10. The van der Waals surface area contributed by atoms with Crippen LogP contribution >= 0.6 is 15.9 Å². The highest BCUT2D eigenvalue weighted by Gasteiger charge is 2.26. The van der Waals surface area contributed by atoms with Crippen LogP contribution in [0.3, 0.4) is 0 Å². The molecule has 128 valence electrons. The van der Waals surface area contributed by atoms with Crippen molar-refractivity contribution in [1.82, 2.24) is 20.0 Å². The fourth-order valence-corrected chi connectivity index (χ4v) is 3.02. The van der Waals surface area contributed by atoms with E-state index < -0.39 is 6.10 Å². The second kappa shape index (κ2) is 7.27. The van der Waals surface area contributed by atoms with E-state index in [0.29, 0.717) is 30.2 Å². The number of likely N-dealkylation sites (tertiary alicyclic amines) is 1. The monoisotopic (exact) mass is 396 g/mol. The zero-order valence-corrected chi connectivity index (χ0v) is 14.5. The molecule has 1 amide bonds. The number of pyridine rings is 1. The second-order valence-corrected chi connectivity index (χ2v) is 6.64. The van der Waals surface area contributed by atoms with Crippen molar-refractivity contribution in [3.05, 3.63) is 44.4 Å². The molecule has 2 aromatic rings. The first-order valence-corrected chi connectivity index (χ1v) is 8.47. The Morgan fingerprint density at radius 3 is 3.08 bits per heavy atom. The number of carbonyl (C=O) groups is 1. The molecule has 0 bridgehead atoms. The van der Waals surface area contributed by atoms with Crippen LogP contribution in [-0.2, 0) is 17.8 Å². The van der Waals surface area contributed by atoms with Crippen LogP contribution in [0.5, 0.6) is 0 Å². The number of nitrogens with one attached hydrogen (secondary N) is 1. The smallest absolute Gasteiger partial charge is 0.251 e. The molecule has 3 rings (SSSR count). The summed E-state index contributed by atoms with van der Waals surface area (Å²) >= 11 is 3.30. The lowest BCUT2D eigenvalue weighted by Gasteiger charge is -2.19. The highest BCUT2D eigenvalue weighted by molar-refractivity contribution is 9.10. The average molecular weight is 397 g/mol. The van der Waals surface area contributed by atoms with E-state index in [1.165, 1.54) is 4.90 Å². The van der Waals surface area contributed by atoms with Crippen molar-refractivity contribution in [2.45, 2.75) is 38.3 Å². The third kappa shape index (κ3) is 3.90. The van der Waals surface area contributed by atoms with Crippen LogP contribution in [-0.4, -0.2) is 43.7 Å². The van der Waals surface area contributed by atoms with Gasteiger partial charge in [0.25, 0.3) is 11.5 Å². The first kappa shape index (κ1) is 16.8. The summed E-state index contributed by atoms with van der Waals surface area (Å²) in [7, 11) is 0. The summed E-state index contributed by atoms with van der Waals surface area (Å²) in [6.07, 6.45) is 2.95. The molecule has 0 aromatic carbocycles. The van der Waals surface area contributed by atoms with Gasteiger partial charge in [-0.15, -0.1) is 0 Å². The number of carbonyl (C=O) groups excluding carboxylic acids is 1. The molecule has 1 unspecified atom stereocenters.